The minimum Gasteiger partial charge on any atom is -0.325 e. The Labute approximate surface area is 117 Å². The highest BCUT2D eigenvalue weighted by Gasteiger charge is 2.51. The van der Waals surface area contributed by atoms with Gasteiger partial charge in [-0.05, 0) is 49.1 Å². The monoisotopic (exact) mass is 269 g/mol. The molecule has 0 radical (unpaired) electrons. The highest BCUT2D eigenvalue weighted by molar-refractivity contribution is 6.01. The van der Waals surface area contributed by atoms with Crippen LogP contribution >= 0.6 is 0 Å². The Morgan fingerprint density at radius 3 is 2.35 bits per heavy atom. The van der Waals surface area contributed by atoms with Gasteiger partial charge < -0.3 is 5.32 Å². The van der Waals surface area contributed by atoms with E-state index in [1.165, 1.54) is 12.1 Å². The highest BCUT2D eigenvalue weighted by Crippen LogP contribution is 2.49. The molecule has 0 spiro atoms. The van der Waals surface area contributed by atoms with E-state index in [0.29, 0.717) is 0 Å². The summed E-state index contributed by atoms with van der Waals surface area (Å²) in [5.41, 5.74) is 2.29. The summed E-state index contributed by atoms with van der Waals surface area (Å²) in [5.74, 6) is -0.276. The van der Waals surface area contributed by atoms with Gasteiger partial charge in [0.25, 0.3) is 0 Å². The van der Waals surface area contributed by atoms with Gasteiger partial charge >= 0.3 is 0 Å². The van der Waals surface area contributed by atoms with E-state index in [1.807, 2.05) is 31.2 Å². The van der Waals surface area contributed by atoms with E-state index in [-0.39, 0.29) is 11.7 Å². The van der Waals surface area contributed by atoms with Gasteiger partial charge in [0, 0.05) is 5.69 Å². The molecule has 102 valence electrons. The fourth-order valence-corrected chi connectivity index (χ4v) is 2.50. The summed E-state index contributed by atoms with van der Waals surface area (Å²) in [4.78, 5) is 12.5. The molecule has 1 aliphatic rings. The number of rotatable bonds is 3. The molecular weight excluding hydrogens is 253 g/mol. The summed E-state index contributed by atoms with van der Waals surface area (Å²) in [6.45, 7) is 1.97. The van der Waals surface area contributed by atoms with E-state index in [1.54, 1.807) is 12.1 Å². The first kappa shape index (κ1) is 12.9. The second-order valence-electron chi connectivity index (χ2n) is 5.36. The van der Waals surface area contributed by atoms with Gasteiger partial charge in [-0.1, -0.05) is 30.3 Å². The van der Waals surface area contributed by atoms with E-state index in [0.717, 1.165) is 29.7 Å². The molecular formula is C17H16FNO. The summed E-state index contributed by atoms with van der Waals surface area (Å²) in [6.07, 6.45) is 1.63. The number of hydrogen-bond donors (Lipinski definition) is 1. The van der Waals surface area contributed by atoms with Crippen LogP contribution in [0.3, 0.4) is 0 Å². The number of aryl methyl sites for hydroxylation is 1. The first-order valence-electron chi connectivity index (χ1n) is 6.75. The van der Waals surface area contributed by atoms with Crippen LogP contribution in [0.2, 0.25) is 0 Å². The molecule has 1 aliphatic carbocycles. The van der Waals surface area contributed by atoms with Gasteiger partial charge in [-0.25, -0.2) is 4.39 Å². The first-order chi connectivity index (χ1) is 9.62. The van der Waals surface area contributed by atoms with Crippen molar-refractivity contribution in [2.24, 2.45) is 0 Å². The zero-order chi connectivity index (χ0) is 14.2. The number of carbonyl (C=O) groups is 1. The molecule has 1 fully saturated rings. The third-order valence-corrected chi connectivity index (χ3v) is 3.97. The summed E-state index contributed by atoms with van der Waals surface area (Å²) >= 11 is 0. The lowest BCUT2D eigenvalue weighted by atomic mass is 9.94. The van der Waals surface area contributed by atoms with Crippen LogP contribution in [0, 0.1) is 12.7 Å². The minimum absolute atomic E-state index is 0.00147. The van der Waals surface area contributed by atoms with Gasteiger partial charge in [0.15, 0.2) is 0 Å². The second kappa shape index (κ2) is 4.75. The van der Waals surface area contributed by atoms with Gasteiger partial charge in [-0.15, -0.1) is 0 Å². The zero-order valence-electron chi connectivity index (χ0n) is 11.3. The standard InChI is InChI=1S/C17H16FNO/c1-12-4-2-3-5-15(12)19-16(20)17(10-11-17)13-6-8-14(18)9-7-13/h2-9H,10-11H2,1H3,(H,19,20). The predicted octanol–water partition coefficient (Wildman–Crippen LogP) is 3.80. The number of amides is 1. The lowest BCUT2D eigenvalue weighted by molar-refractivity contribution is -0.118. The van der Waals surface area contributed by atoms with Crippen LogP contribution in [0.4, 0.5) is 10.1 Å². The molecule has 3 rings (SSSR count). The van der Waals surface area contributed by atoms with Crippen molar-refractivity contribution in [1.29, 1.82) is 0 Å². The van der Waals surface area contributed by atoms with Crippen LogP contribution < -0.4 is 5.32 Å². The van der Waals surface area contributed by atoms with E-state index in [2.05, 4.69) is 5.32 Å². The molecule has 20 heavy (non-hydrogen) atoms. The molecule has 0 aromatic heterocycles. The normalized spacial score (nSPS) is 15.7. The van der Waals surface area contributed by atoms with Crippen molar-refractivity contribution in [2.75, 3.05) is 5.32 Å². The van der Waals surface area contributed by atoms with Crippen molar-refractivity contribution in [3.05, 3.63) is 65.5 Å². The summed E-state index contributed by atoms with van der Waals surface area (Å²) < 4.78 is 13.0. The summed E-state index contributed by atoms with van der Waals surface area (Å²) in [5, 5.41) is 2.99. The number of anilines is 1. The van der Waals surface area contributed by atoms with Crippen molar-refractivity contribution in [3.8, 4) is 0 Å². The zero-order valence-corrected chi connectivity index (χ0v) is 11.3. The van der Waals surface area contributed by atoms with Crippen LogP contribution in [0.25, 0.3) is 0 Å². The fraction of sp³-hybridized carbons (Fsp3) is 0.235. The lowest BCUT2D eigenvalue weighted by Gasteiger charge is -2.17. The minimum atomic E-state index is -0.476. The highest BCUT2D eigenvalue weighted by atomic mass is 19.1. The van der Waals surface area contributed by atoms with Crippen LogP contribution in [-0.2, 0) is 10.2 Å². The molecule has 1 saturated carbocycles. The van der Waals surface area contributed by atoms with Crippen molar-refractivity contribution in [1.82, 2.24) is 0 Å². The molecule has 2 aromatic carbocycles. The Balaban J connectivity index is 1.84. The third kappa shape index (κ3) is 2.20. The maximum Gasteiger partial charge on any atom is 0.235 e. The van der Waals surface area contributed by atoms with Gasteiger partial charge in [-0.3, -0.25) is 4.79 Å². The fourth-order valence-electron chi connectivity index (χ4n) is 2.50. The quantitative estimate of drug-likeness (QED) is 0.902. The molecule has 1 N–H and O–H groups in total. The van der Waals surface area contributed by atoms with Crippen LogP contribution in [0.5, 0.6) is 0 Å². The molecule has 0 aliphatic heterocycles. The summed E-state index contributed by atoms with van der Waals surface area (Å²) in [6, 6.07) is 13.9. The molecule has 0 bridgehead atoms. The Morgan fingerprint density at radius 2 is 1.75 bits per heavy atom. The number of para-hydroxylation sites is 1. The number of hydrogen-bond acceptors (Lipinski definition) is 1. The molecule has 0 heterocycles. The predicted molar refractivity (Wildman–Crippen MR) is 77.1 cm³/mol. The Kier molecular flexibility index (Phi) is 3.05. The van der Waals surface area contributed by atoms with Crippen LogP contribution in [0.15, 0.2) is 48.5 Å². The smallest absolute Gasteiger partial charge is 0.235 e. The maximum atomic E-state index is 13.0. The first-order valence-corrected chi connectivity index (χ1v) is 6.75. The lowest BCUT2D eigenvalue weighted by Crippen LogP contribution is -2.28. The average molecular weight is 269 g/mol. The van der Waals surface area contributed by atoms with Gasteiger partial charge in [-0.2, -0.15) is 0 Å². The van der Waals surface area contributed by atoms with Crippen molar-refractivity contribution in [3.63, 3.8) is 0 Å². The SMILES string of the molecule is Cc1ccccc1NC(=O)C1(c2ccc(F)cc2)CC1. The Hall–Kier alpha value is -2.16. The maximum absolute atomic E-state index is 13.0. The Morgan fingerprint density at radius 1 is 1.10 bits per heavy atom. The molecule has 0 saturated heterocycles. The summed E-state index contributed by atoms with van der Waals surface area (Å²) in [7, 11) is 0. The Bertz CT molecular complexity index is 644. The number of benzene rings is 2. The molecule has 3 heteroatoms. The number of halogens is 1. The van der Waals surface area contributed by atoms with Crippen molar-refractivity contribution in [2.45, 2.75) is 25.2 Å². The van der Waals surface area contributed by atoms with Gasteiger partial charge in [0.1, 0.15) is 5.82 Å². The number of carbonyl (C=O) groups excluding carboxylic acids is 1. The van der Waals surface area contributed by atoms with Gasteiger partial charge in [0.05, 0.1) is 5.41 Å². The second-order valence-corrected chi connectivity index (χ2v) is 5.36. The molecule has 1 amide bonds. The van der Waals surface area contributed by atoms with E-state index in [9.17, 15) is 9.18 Å². The number of nitrogens with one attached hydrogen (secondary N) is 1. The topological polar surface area (TPSA) is 29.1 Å². The molecule has 0 unspecified atom stereocenters. The van der Waals surface area contributed by atoms with Crippen LogP contribution in [-0.4, -0.2) is 5.91 Å². The third-order valence-electron chi connectivity index (χ3n) is 3.97. The molecule has 0 atom stereocenters. The van der Waals surface area contributed by atoms with Crippen LogP contribution in [0.1, 0.15) is 24.0 Å². The van der Waals surface area contributed by atoms with E-state index >= 15 is 0 Å². The molecule has 2 aromatic rings. The average Bonchev–Trinajstić information content (AvgIpc) is 3.24. The van der Waals surface area contributed by atoms with Crippen molar-refractivity contribution >= 4 is 11.6 Å². The van der Waals surface area contributed by atoms with Gasteiger partial charge in [0.2, 0.25) is 5.91 Å². The largest absolute Gasteiger partial charge is 0.325 e. The van der Waals surface area contributed by atoms with E-state index < -0.39 is 5.41 Å². The molecule has 2 nitrogen and oxygen atoms in total. The van der Waals surface area contributed by atoms with Crippen molar-refractivity contribution < 1.29 is 9.18 Å². The van der Waals surface area contributed by atoms with E-state index in [4.69, 9.17) is 0 Å².